The molecule has 3 nitrogen and oxygen atoms in total. The van der Waals surface area contributed by atoms with Gasteiger partial charge in [-0.1, -0.05) is 19.1 Å². The molecule has 0 radical (unpaired) electrons. The molecule has 3 heteroatoms. The molecule has 1 aromatic carbocycles. The number of anilines is 1. The van der Waals surface area contributed by atoms with Gasteiger partial charge in [-0.25, -0.2) is 0 Å². The second kappa shape index (κ2) is 7.30. The van der Waals surface area contributed by atoms with Crippen LogP contribution in [0.3, 0.4) is 0 Å². The monoisotopic (exact) mass is 236 g/mol. The Balaban J connectivity index is 2.58. The Hall–Kier alpha value is -1.06. The lowest BCUT2D eigenvalue weighted by molar-refractivity contribution is 0.100. The van der Waals surface area contributed by atoms with Crippen molar-refractivity contribution in [3.05, 3.63) is 29.8 Å². The first-order valence-corrected chi connectivity index (χ1v) is 6.36. The Labute approximate surface area is 105 Å². The maximum atomic E-state index is 5.70. The number of hydrogen-bond donors (Lipinski definition) is 1. The minimum absolute atomic E-state index is 0.404. The Kier molecular flexibility index (Phi) is 6.01. The number of rotatable bonds is 7. The van der Waals surface area contributed by atoms with Gasteiger partial charge in [0.25, 0.3) is 0 Å². The first-order valence-electron chi connectivity index (χ1n) is 6.36. The highest BCUT2D eigenvalue weighted by Crippen LogP contribution is 2.20. The molecule has 0 bridgehead atoms. The highest BCUT2D eigenvalue weighted by atomic mass is 16.5. The van der Waals surface area contributed by atoms with Crippen LogP contribution < -0.4 is 5.73 Å². The predicted octanol–water partition coefficient (Wildman–Crippen LogP) is 2.69. The normalized spacial score (nSPS) is 12.9. The van der Waals surface area contributed by atoms with E-state index < -0.39 is 0 Å². The molecule has 2 N–H and O–H groups in total. The third-order valence-electron chi connectivity index (χ3n) is 3.10. The van der Waals surface area contributed by atoms with Gasteiger partial charge in [0, 0.05) is 24.9 Å². The van der Waals surface area contributed by atoms with Crippen molar-refractivity contribution >= 4 is 5.69 Å². The Bertz CT molecular complexity index is 311. The molecule has 1 atom stereocenters. The maximum absolute atomic E-state index is 5.70. The highest BCUT2D eigenvalue weighted by Gasteiger charge is 2.13. The number of hydrogen-bond acceptors (Lipinski definition) is 3. The van der Waals surface area contributed by atoms with Crippen LogP contribution in [0, 0.1) is 0 Å². The Morgan fingerprint density at radius 1 is 1.24 bits per heavy atom. The average Bonchev–Trinajstić information content (AvgIpc) is 2.35. The predicted molar refractivity (Wildman–Crippen MR) is 73.0 cm³/mol. The first-order chi connectivity index (χ1) is 8.19. The SMILES string of the molecule is CCOCCN(CC)C(C)c1ccc(N)cc1. The molecule has 17 heavy (non-hydrogen) atoms. The fraction of sp³-hybridized carbons (Fsp3) is 0.571. The number of likely N-dealkylation sites (N-methyl/N-ethyl adjacent to an activating group) is 1. The van der Waals surface area contributed by atoms with Gasteiger partial charge in [0.1, 0.15) is 0 Å². The molecule has 1 unspecified atom stereocenters. The van der Waals surface area contributed by atoms with E-state index in [1.165, 1.54) is 5.56 Å². The lowest BCUT2D eigenvalue weighted by Crippen LogP contribution is -2.30. The van der Waals surface area contributed by atoms with Crippen LogP contribution in [0.15, 0.2) is 24.3 Å². The number of nitrogen functional groups attached to an aromatic ring is 1. The van der Waals surface area contributed by atoms with Crippen LogP contribution in [0.5, 0.6) is 0 Å². The second-order valence-electron chi connectivity index (χ2n) is 4.17. The van der Waals surface area contributed by atoms with Crippen molar-refractivity contribution in [2.45, 2.75) is 26.8 Å². The van der Waals surface area contributed by atoms with Gasteiger partial charge in [-0.05, 0) is 38.1 Å². The van der Waals surface area contributed by atoms with Crippen molar-refractivity contribution in [3.8, 4) is 0 Å². The van der Waals surface area contributed by atoms with Crippen LogP contribution in [0.4, 0.5) is 5.69 Å². The molecular weight excluding hydrogens is 212 g/mol. The molecule has 1 aromatic rings. The van der Waals surface area contributed by atoms with Gasteiger partial charge in [0.15, 0.2) is 0 Å². The summed E-state index contributed by atoms with van der Waals surface area (Å²) in [5, 5.41) is 0. The number of nitrogens with two attached hydrogens (primary N) is 1. The van der Waals surface area contributed by atoms with E-state index in [2.05, 4.69) is 30.9 Å². The molecule has 0 heterocycles. The molecular formula is C14H24N2O. The third-order valence-corrected chi connectivity index (χ3v) is 3.10. The number of nitrogens with zero attached hydrogens (tertiary/aromatic N) is 1. The van der Waals surface area contributed by atoms with E-state index in [4.69, 9.17) is 10.5 Å². The van der Waals surface area contributed by atoms with Crippen LogP contribution in [0.25, 0.3) is 0 Å². The van der Waals surface area contributed by atoms with E-state index in [9.17, 15) is 0 Å². The zero-order chi connectivity index (χ0) is 12.7. The van der Waals surface area contributed by atoms with Crippen LogP contribution in [-0.2, 0) is 4.74 Å². The van der Waals surface area contributed by atoms with Crippen molar-refractivity contribution in [2.75, 3.05) is 32.0 Å². The van der Waals surface area contributed by atoms with E-state index in [-0.39, 0.29) is 0 Å². The summed E-state index contributed by atoms with van der Waals surface area (Å²) in [7, 11) is 0. The summed E-state index contributed by atoms with van der Waals surface area (Å²) in [6.07, 6.45) is 0. The van der Waals surface area contributed by atoms with E-state index in [1.807, 2.05) is 19.1 Å². The minimum Gasteiger partial charge on any atom is -0.399 e. The lowest BCUT2D eigenvalue weighted by atomic mass is 10.1. The van der Waals surface area contributed by atoms with Gasteiger partial charge >= 0.3 is 0 Å². The van der Waals surface area contributed by atoms with E-state index in [1.54, 1.807) is 0 Å². The smallest absolute Gasteiger partial charge is 0.0593 e. The summed E-state index contributed by atoms with van der Waals surface area (Å²) in [5.74, 6) is 0. The zero-order valence-corrected chi connectivity index (χ0v) is 11.1. The van der Waals surface area contributed by atoms with E-state index in [0.29, 0.717) is 6.04 Å². The van der Waals surface area contributed by atoms with E-state index >= 15 is 0 Å². The average molecular weight is 236 g/mol. The molecule has 0 aliphatic heterocycles. The summed E-state index contributed by atoms with van der Waals surface area (Å²) in [5.41, 5.74) is 7.82. The van der Waals surface area contributed by atoms with Crippen molar-refractivity contribution in [1.29, 1.82) is 0 Å². The summed E-state index contributed by atoms with van der Waals surface area (Å²) < 4.78 is 5.41. The fourth-order valence-electron chi connectivity index (χ4n) is 1.94. The topological polar surface area (TPSA) is 38.5 Å². The summed E-state index contributed by atoms with van der Waals surface area (Å²) in [4.78, 5) is 2.40. The van der Waals surface area contributed by atoms with Gasteiger partial charge in [-0.2, -0.15) is 0 Å². The molecule has 0 aliphatic carbocycles. The summed E-state index contributed by atoms with van der Waals surface area (Å²) in [6.45, 7) is 10.0. The summed E-state index contributed by atoms with van der Waals surface area (Å²) in [6, 6.07) is 8.53. The van der Waals surface area contributed by atoms with Crippen LogP contribution >= 0.6 is 0 Å². The number of benzene rings is 1. The quantitative estimate of drug-likeness (QED) is 0.584. The van der Waals surface area contributed by atoms with Crippen molar-refractivity contribution < 1.29 is 4.74 Å². The highest BCUT2D eigenvalue weighted by molar-refractivity contribution is 5.40. The van der Waals surface area contributed by atoms with Gasteiger partial charge in [-0.3, -0.25) is 4.90 Å². The molecule has 0 saturated carbocycles. The van der Waals surface area contributed by atoms with Crippen LogP contribution in [0.2, 0.25) is 0 Å². The first kappa shape index (κ1) is 14.0. The third kappa shape index (κ3) is 4.36. The molecule has 0 saturated heterocycles. The van der Waals surface area contributed by atoms with Gasteiger partial charge in [0.05, 0.1) is 6.61 Å². The molecule has 1 rings (SSSR count). The van der Waals surface area contributed by atoms with E-state index in [0.717, 1.165) is 32.0 Å². The van der Waals surface area contributed by atoms with Crippen molar-refractivity contribution in [2.24, 2.45) is 0 Å². The maximum Gasteiger partial charge on any atom is 0.0593 e. The zero-order valence-electron chi connectivity index (χ0n) is 11.1. The molecule has 0 amide bonds. The van der Waals surface area contributed by atoms with Crippen molar-refractivity contribution in [1.82, 2.24) is 4.90 Å². The summed E-state index contributed by atoms with van der Waals surface area (Å²) >= 11 is 0. The molecule has 0 aliphatic rings. The van der Waals surface area contributed by atoms with Crippen molar-refractivity contribution in [3.63, 3.8) is 0 Å². The second-order valence-corrected chi connectivity index (χ2v) is 4.17. The molecule has 0 spiro atoms. The standard InChI is InChI=1S/C14H24N2O/c1-4-16(10-11-17-5-2)12(3)13-6-8-14(15)9-7-13/h6-9,12H,4-5,10-11,15H2,1-3H3. The molecule has 96 valence electrons. The Morgan fingerprint density at radius 2 is 1.88 bits per heavy atom. The fourth-order valence-corrected chi connectivity index (χ4v) is 1.94. The molecule has 0 fully saturated rings. The van der Waals surface area contributed by atoms with Gasteiger partial charge in [-0.15, -0.1) is 0 Å². The van der Waals surface area contributed by atoms with Crippen LogP contribution in [0.1, 0.15) is 32.4 Å². The van der Waals surface area contributed by atoms with Gasteiger partial charge < -0.3 is 10.5 Å². The number of ether oxygens (including phenoxy) is 1. The largest absolute Gasteiger partial charge is 0.399 e. The minimum atomic E-state index is 0.404. The molecule has 0 aromatic heterocycles. The Morgan fingerprint density at radius 3 is 2.41 bits per heavy atom. The lowest BCUT2D eigenvalue weighted by Gasteiger charge is -2.28. The van der Waals surface area contributed by atoms with Crippen LogP contribution in [-0.4, -0.2) is 31.2 Å². The van der Waals surface area contributed by atoms with Gasteiger partial charge in [0.2, 0.25) is 0 Å².